The van der Waals surface area contributed by atoms with E-state index in [1.54, 1.807) is 20.8 Å². The van der Waals surface area contributed by atoms with Crippen molar-refractivity contribution in [2.24, 2.45) is 17.8 Å². The second-order valence-electron chi connectivity index (χ2n) is 6.20. The van der Waals surface area contributed by atoms with Crippen LogP contribution in [0.15, 0.2) is 0 Å². The summed E-state index contributed by atoms with van der Waals surface area (Å²) >= 11 is 0. The van der Waals surface area contributed by atoms with Gasteiger partial charge in [0.1, 0.15) is 17.2 Å². The maximum Gasteiger partial charge on any atom is 0.310 e. The number of esters is 1. The Morgan fingerprint density at radius 3 is 2.22 bits per heavy atom. The number of hydrogen-bond donors (Lipinski definition) is 0. The highest BCUT2D eigenvalue weighted by Crippen LogP contribution is 2.35. The Bertz CT molecular complexity index is 364. The van der Waals surface area contributed by atoms with Crippen LogP contribution in [0.2, 0.25) is 0 Å². The molecule has 1 aliphatic carbocycles. The minimum absolute atomic E-state index is 0.0579. The summed E-state index contributed by atoms with van der Waals surface area (Å²) in [5.74, 6) is -1.54. The van der Waals surface area contributed by atoms with Crippen molar-refractivity contribution >= 4 is 17.5 Å². The van der Waals surface area contributed by atoms with Crippen molar-refractivity contribution in [3.8, 4) is 0 Å². The highest BCUT2D eigenvalue weighted by Gasteiger charge is 2.43. The lowest BCUT2D eigenvalue weighted by molar-refractivity contribution is -0.167. The van der Waals surface area contributed by atoms with Crippen molar-refractivity contribution in [2.75, 3.05) is 0 Å². The molecule has 0 N–H and O–H groups in total. The van der Waals surface area contributed by atoms with Crippen LogP contribution in [-0.4, -0.2) is 23.1 Å². The molecule has 0 aromatic heterocycles. The molecule has 0 spiro atoms. The normalized spacial score (nSPS) is 28.9. The van der Waals surface area contributed by atoms with Crippen LogP contribution >= 0.6 is 0 Å². The summed E-state index contributed by atoms with van der Waals surface area (Å²) < 4.78 is 5.36. The third-order valence-electron chi connectivity index (χ3n) is 3.24. The van der Waals surface area contributed by atoms with Crippen molar-refractivity contribution in [1.82, 2.24) is 0 Å². The Kier molecular flexibility index (Phi) is 4.30. The molecular weight excluding hydrogens is 232 g/mol. The molecule has 3 atom stereocenters. The molecule has 1 saturated carbocycles. The summed E-state index contributed by atoms with van der Waals surface area (Å²) in [5.41, 5.74) is -0.570. The SMILES string of the molecule is CC(=O)[C@H]1CC(=O)C[C@H](C)[C@H]1C(=O)OC(C)(C)C. The van der Waals surface area contributed by atoms with Gasteiger partial charge in [-0.25, -0.2) is 0 Å². The Hall–Kier alpha value is -1.19. The zero-order valence-corrected chi connectivity index (χ0v) is 11.8. The average Bonchev–Trinajstić information content (AvgIpc) is 2.12. The Labute approximate surface area is 108 Å². The molecule has 0 amide bonds. The molecule has 18 heavy (non-hydrogen) atoms. The van der Waals surface area contributed by atoms with Gasteiger partial charge in [-0.3, -0.25) is 14.4 Å². The molecule has 102 valence electrons. The molecular formula is C14H22O4. The zero-order chi connectivity index (χ0) is 14.1. The molecule has 0 bridgehead atoms. The van der Waals surface area contributed by atoms with Gasteiger partial charge in [-0.2, -0.15) is 0 Å². The van der Waals surface area contributed by atoms with E-state index in [1.807, 2.05) is 6.92 Å². The van der Waals surface area contributed by atoms with E-state index in [2.05, 4.69) is 0 Å². The first kappa shape index (κ1) is 14.9. The predicted octanol–water partition coefficient (Wildman–Crippen LogP) is 2.15. The Morgan fingerprint density at radius 2 is 1.78 bits per heavy atom. The van der Waals surface area contributed by atoms with E-state index in [1.165, 1.54) is 6.92 Å². The van der Waals surface area contributed by atoms with Crippen LogP contribution in [0, 0.1) is 17.8 Å². The van der Waals surface area contributed by atoms with Crippen LogP contribution in [0.4, 0.5) is 0 Å². The van der Waals surface area contributed by atoms with E-state index in [0.717, 1.165) is 0 Å². The fraction of sp³-hybridized carbons (Fsp3) is 0.786. The van der Waals surface area contributed by atoms with Gasteiger partial charge >= 0.3 is 5.97 Å². The highest BCUT2D eigenvalue weighted by atomic mass is 16.6. The van der Waals surface area contributed by atoms with Gasteiger partial charge in [0.15, 0.2) is 0 Å². The number of ether oxygens (including phenoxy) is 1. The van der Waals surface area contributed by atoms with E-state index in [9.17, 15) is 14.4 Å². The van der Waals surface area contributed by atoms with Crippen molar-refractivity contribution in [3.63, 3.8) is 0 Å². The predicted molar refractivity (Wildman–Crippen MR) is 66.9 cm³/mol. The molecule has 0 radical (unpaired) electrons. The molecule has 0 heterocycles. The minimum atomic E-state index is -0.570. The number of carbonyl (C=O) groups is 3. The van der Waals surface area contributed by atoms with Gasteiger partial charge in [-0.05, 0) is 33.6 Å². The second-order valence-corrected chi connectivity index (χ2v) is 6.20. The van der Waals surface area contributed by atoms with Crippen LogP contribution in [0.5, 0.6) is 0 Å². The summed E-state index contributed by atoms with van der Waals surface area (Å²) in [6.45, 7) is 8.67. The number of carbonyl (C=O) groups excluding carboxylic acids is 3. The van der Waals surface area contributed by atoms with E-state index in [0.29, 0.717) is 6.42 Å². The first-order chi connectivity index (χ1) is 8.11. The monoisotopic (exact) mass is 254 g/mol. The molecule has 1 aliphatic rings. The molecule has 0 aromatic rings. The molecule has 0 unspecified atom stereocenters. The van der Waals surface area contributed by atoms with Gasteiger partial charge in [-0.1, -0.05) is 6.92 Å². The summed E-state index contributed by atoms with van der Waals surface area (Å²) in [5, 5.41) is 0. The maximum atomic E-state index is 12.2. The van der Waals surface area contributed by atoms with E-state index < -0.39 is 17.4 Å². The third-order valence-corrected chi connectivity index (χ3v) is 3.24. The van der Waals surface area contributed by atoms with Gasteiger partial charge in [0.05, 0.1) is 5.92 Å². The highest BCUT2D eigenvalue weighted by molar-refractivity contribution is 5.92. The number of hydrogen-bond acceptors (Lipinski definition) is 4. The second kappa shape index (κ2) is 5.21. The van der Waals surface area contributed by atoms with Crippen molar-refractivity contribution in [2.45, 2.75) is 53.1 Å². The molecule has 4 nitrogen and oxygen atoms in total. The summed E-state index contributed by atoms with van der Waals surface area (Å²) in [4.78, 5) is 35.3. The van der Waals surface area contributed by atoms with Crippen LogP contribution in [0.3, 0.4) is 0 Å². The number of ketones is 2. The fourth-order valence-electron chi connectivity index (χ4n) is 2.50. The zero-order valence-electron chi connectivity index (χ0n) is 11.8. The minimum Gasteiger partial charge on any atom is -0.460 e. The van der Waals surface area contributed by atoms with Gasteiger partial charge in [-0.15, -0.1) is 0 Å². The average molecular weight is 254 g/mol. The standard InChI is InChI=1S/C14H22O4/c1-8-6-10(16)7-11(9(2)15)12(8)13(17)18-14(3,4)5/h8,11-12H,6-7H2,1-5H3/t8-,11+,12+/m0/s1. The third kappa shape index (κ3) is 3.65. The van der Waals surface area contributed by atoms with Crippen LogP contribution in [0.25, 0.3) is 0 Å². The van der Waals surface area contributed by atoms with Crippen molar-refractivity contribution in [1.29, 1.82) is 0 Å². The quantitative estimate of drug-likeness (QED) is 0.708. The van der Waals surface area contributed by atoms with Crippen LogP contribution < -0.4 is 0 Å². The van der Waals surface area contributed by atoms with E-state index >= 15 is 0 Å². The number of Topliss-reactive ketones (excluding diaryl/α,β-unsaturated/α-hetero) is 2. The molecule has 1 rings (SSSR count). The topological polar surface area (TPSA) is 60.4 Å². The Balaban J connectivity index is 2.91. The van der Waals surface area contributed by atoms with Gasteiger partial charge in [0.25, 0.3) is 0 Å². The van der Waals surface area contributed by atoms with E-state index in [4.69, 9.17) is 4.74 Å². The van der Waals surface area contributed by atoms with E-state index in [-0.39, 0.29) is 29.9 Å². The molecule has 0 aliphatic heterocycles. The van der Waals surface area contributed by atoms with Crippen molar-refractivity contribution in [3.05, 3.63) is 0 Å². The maximum absolute atomic E-state index is 12.2. The van der Waals surface area contributed by atoms with Crippen LogP contribution in [-0.2, 0) is 19.1 Å². The lowest BCUT2D eigenvalue weighted by atomic mass is 9.70. The van der Waals surface area contributed by atoms with Gasteiger partial charge in [0, 0.05) is 18.8 Å². The molecule has 0 saturated heterocycles. The summed E-state index contributed by atoms with van der Waals surface area (Å²) in [6.07, 6.45) is 0.525. The van der Waals surface area contributed by atoms with Crippen molar-refractivity contribution < 1.29 is 19.1 Å². The largest absolute Gasteiger partial charge is 0.460 e. The lowest BCUT2D eigenvalue weighted by Gasteiger charge is -2.34. The smallest absolute Gasteiger partial charge is 0.310 e. The lowest BCUT2D eigenvalue weighted by Crippen LogP contribution is -2.43. The summed E-state index contributed by atoms with van der Waals surface area (Å²) in [6, 6.07) is 0. The molecule has 0 aromatic carbocycles. The fourth-order valence-corrected chi connectivity index (χ4v) is 2.50. The van der Waals surface area contributed by atoms with Gasteiger partial charge in [0.2, 0.25) is 0 Å². The first-order valence-electron chi connectivity index (χ1n) is 6.37. The van der Waals surface area contributed by atoms with Crippen LogP contribution in [0.1, 0.15) is 47.5 Å². The molecule has 1 fully saturated rings. The summed E-state index contributed by atoms with van der Waals surface area (Å²) in [7, 11) is 0. The van der Waals surface area contributed by atoms with Gasteiger partial charge < -0.3 is 4.74 Å². The molecule has 4 heteroatoms. The first-order valence-corrected chi connectivity index (χ1v) is 6.37. The Morgan fingerprint density at radius 1 is 1.22 bits per heavy atom. The number of rotatable bonds is 2.